The quantitative estimate of drug-likeness (QED) is 0.348. The third kappa shape index (κ3) is 7.40. The first kappa shape index (κ1) is 22.1. The third-order valence-corrected chi connectivity index (χ3v) is 5.25. The molecule has 0 saturated carbocycles. The molecule has 2 heterocycles. The van der Waals surface area contributed by atoms with E-state index in [1.54, 1.807) is 11.3 Å². The van der Waals surface area contributed by atoms with Crippen molar-refractivity contribution in [3.8, 4) is 0 Å². The Bertz CT molecular complexity index is 687. The van der Waals surface area contributed by atoms with Crippen molar-refractivity contribution in [1.29, 1.82) is 0 Å². The number of thiophene rings is 1. The summed E-state index contributed by atoms with van der Waals surface area (Å²) in [7, 11) is 0. The van der Waals surface area contributed by atoms with Crippen LogP contribution >= 0.6 is 35.3 Å². The topological polar surface area (TPSA) is 48.9 Å². The van der Waals surface area contributed by atoms with Crippen molar-refractivity contribution < 1.29 is 4.74 Å². The summed E-state index contributed by atoms with van der Waals surface area (Å²) >= 11 is 1.76. The molecule has 148 valence electrons. The molecule has 0 bridgehead atoms. The number of aliphatic imine (C=N–C) groups is 1. The van der Waals surface area contributed by atoms with Gasteiger partial charge in [-0.2, -0.15) is 0 Å². The molecule has 1 saturated heterocycles. The molecule has 0 spiro atoms. The zero-order chi connectivity index (χ0) is 18.0. The fourth-order valence-electron chi connectivity index (χ4n) is 2.96. The van der Waals surface area contributed by atoms with E-state index in [1.807, 2.05) is 0 Å². The lowest BCUT2D eigenvalue weighted by molar-refractivity contribution is 0.0341. The Kier molecular flexibility index (Phi) is 10.1. The average Bonchev–Trinajstić information content (AvgIpc) is 3.19. The maximum atomic E-state index is 5.45. The second-order valence-electron chi connectivity index (χ2n) is 6.29. The van der Waals surface area contributed by atoms with Crippen LogP contribution in [0.25, 0.3) is 0 Å². The van der Waals surface area contributed by atoms with Crippen molar-refractivity contribution in [2.24, 2.45) is 4.99 Å². The Morgan fingerprint density at radius 1 is 1.11 bits per heavy atom. The normalized spacial score (nSPS) is 15.2. The summed E-state index contributed by atoms with van der Waals surface area (Å²) < 4.78 is 5.45. The third-order valence-electron chi connectivity index (χ3n) is 4.38. The van der Waals surface area contributed by atoms with Crippen LogP contribution in [0.1, 0.15) is 22.9 Å². The molecule has 0 atom stereocenters. The van der Waals surface area contributed by atoms with Gasteiger partial charge in [-0.15, -0.1) is 35.3 Å². The average molecular weight is 500 g/mol. The number of rotatable bonds is 7. The van der Waals surface area contributed by atoms with Gasteiger partial charge in [-0.1, -0.05) is 30.3 Å². The van der Waals surface area contributed by atoms with E-state index in [9.17, 15) is 0 Å². The number of hydrogen-bond acceptors (Lipinski definition) is 4. The van der Waals surface area contributed by atoms with Crippen LogP contribution in [0.2, 0.25) is 0 Å². The van der Waals surface area contributed by atoms with Crippen LogP contribution in [-0.4, -0.2) is 43.7 Å². The minimum atomic E-state index is 0. The monoisotopic (exact) mass is 500 g/mol. The van der Waals surface area contributed by atoms with E-state index in [0.717, 1.165) is 51.9 Å². The first-order valence-corrected chi connectivity index (χ1v) is 10.1. The van der Waals surface area contributed by atoms with Gasteiger partial charge in [0.2, 0.25) is 0 Å². The van der Waals surface area contributed by atoms with Gasteiger partial charge in [-0.3, -0.25) is 4.90 Å². The molecule has 7 heteroatoms. The van der Waals surface area contributed by atoms with Gasteiger partial charge in [0, 0.05) is 31.1 Å². The summed E-state index contributed by atoms with van der Waals surface area (Å²) in [5, 5.41) is 8.85. The number of hydrogen-bond donors (Lipinski definition) is 2. The van der Waals surface area contributed by atoms with Crippen LogP contribution in [0.5, 0.6) is 0 Å². The SMILES string of the molecule is CCNC(=NCc1ccccc1CN1CCOCC1)NCc1cccs1.I. The minimum absolute atomic E-state index is 0. The van der Waals surface area contributed by atoms with Crippen LogP contribution in [0.15, 0.2) is 46.8 Å². The maximum Gasteiger partial charge on any atom is 0.191 e. The molecule has 0 amide bonds. The highest BCUT2D eigenvalue weighted by atomic mass is 127. The predicted molar refractivity (Wildman–Crippen MR) is 124 cm³/mol. The van der Waals surface area contributed by atoms with Crippen LogP contribution in [0, 0.1) is 0 Å². The second kappa shape index (κ2) is 12.3. The first-order valence-electron chi connectivity index (χ1n) is 9.26. The highest BCUT2D eigenvalue weighted by Gasteiger charge is 2.12. The molecule has 1 aliphatic heterocycles. The van der Waals surface area contributed by atoms with Crippen molar-refractivity contribution >= 4 is 41.3 Å². The van der Waals surface area contributed by atoms with Crippen molar-refractivity contribution in [3.05, 3.63) is 57.8 Å². The van der Waals surface area contributed by atoms with E-state index < -0.39 is 0 Å². The van der Waals surface area contributed by atoms with Crippen molar-refractivity contribution in [1.82, 2.24) is 15.5 Å². The maximum absolute atomic E-state index is 5.45. The molecule has 0 radical (unpaired) electrons. The summed E-state index contributed by atoms with van der Waals surface area (Å²) in [5.74, 6) is 0.863. The van der Waals surface area contributed by atoms with Gasteiger partial charge in [0.1, 0.15) is 0 Å². The molecule has 1 aliphatic rings. The Morgan fingerprint density at radius 2 is 1.89 bits per heavy atom. The summed E-state index contributed by atoms with van der Waals surface area (Å²) in [6.45, 7) is 9.06. The molecule has 27 heavy (non-hydrogen) atoms. The molecule has 0 unspecified atom stereocenters. The molecule has 2 N–H and O–H groups in total. The van der Waals surface area contributed by atoms with Crippen LogP contribution < -0.4 is 10.6 Å². The lowest BCUT2D eigenvalue weighted by Gasteiger charge is -2.27. The number of halogens is 1. The highest BCUT2D eigenvalue weighted by molar-refractivity contribution is 14.0. The molecular formula is C20H29IN4OS. The van der Waals surface area contributed by atoms with Gasteiger partial charge in [0.15, 0.2) is 5.96 Å². The number of ether oxygens (including phenoxy) is 1. The van der Waals surface area contributed by atoms with Gasteiger partial charge in [0.05, 0.1) is 26.3 Å². The highest BCUT2D eigenvalue weighted by Crippen LogP contribution is 2.14. The summed E-state index contributed by atoms with van der Waals surface area (Å²) in [6.07, 6.45) is 0. The molecule has 1 aromatic heterocycles. The standard InChI is InChI=1S/C20H28N4OS.HI/c1-2-21-20(23-15-19-8-5-13-26-19)22-14-17-6-3-4-7-18(17)16-24-9-11-25-12-10-24;/h3-8,13H,2,9-12,14-16H2,1H3,(H2,21,22,23);1H. The largest absolute Gasteiger partial charge is 0.379 e. The molecular weight excluding hydrogens is 471 g/mol. The fourth-order valence-corrected chi connectivity index (χ4v) is 3.60. The van der Waals surface area contributed by atoms with Crippen LogP contribution in [-0.2, 0) is 24.4 Å². The zero-order valence-corrected chi connectivity index (χ0v) is 19.0. The summed E-state index contributed by atoms with van der Waals surface area (Å²) in [6, 6.07) is 12.8. The van der Waals surface area contributed by atoms with E-state index >= 15 is 0 Å². The Morgan fingerprint density at radius 3 is 2.59 bits per heavy atom. The predicted octanol–water partition coefficient (Wildman–Crippen LogP) is 3.45. The smallest absolute Gasteiger partial charge is 0.191 e. The van der Waals surface area contributed by atoms with E-state index in [1.165, 1.54) is 16.0 Å². The Hall–Kier alpha value is -1.16. The van der Waals surface area contributed by atoms with Gasteiger partial charge < -0.3 is 15.4 Å². The van der Waals surface area contributed by atoms with Gasteiger partial charge in [0.25, 0.3) is 0 Å². The summed E-state index contributed by atoms with van der Waals surface area (Å²) in [4.78, 5) is 8.55. The molecule has 5 nitrogen and oxygen atoms in total. The van der Waals surface area contributed by atoms with E-state index in [4.69, 9.17) is 9.73 Å². The number of nitrogens with one attached hydrogen (secondary N) is 2. The molecule has 1 fully saturated rings. The first-order chi connectivity index (χ1) is 12.8. The van der Waals surface area contributed by atoms with Crippen LogP contribution in [0.3, 0.4) is 0 Å². The lowest BCUT2D eigenvalue weighted by Crippen LogP contribution is -2.37. The summed E-state index contributed by atoms with van der Waals surface area (Å²) in [5.41, 5.74) is 2.64. The number of guanidine groups is 1. The van der Waals surface area contributed by atoms with E-state index in [-0.39, 0.29) is 24.0 Å². The molecule has 3 rings (SSSR count). The van der Waals surface area contributed by atoms with Gasteiger partial charge in [-0.05, 0) is 29.5 Å². The van der Waals surface area contributed by atoms with Crippen molar-refractivity contribution in [3.63, 3.8) is 0 Å². The van der Waals surface area contributed by atoms with Crippen LogP contribution in [0.4, 0.5) is 0 Å². The van der Waals surface area contributed by atoms with Crippen molar-refractivity contribution in [2.75, 3.05) is 32.8 Å². The lowest BCUT2D eigenvalue weighted by atomic mass is 10.1. The number of morpholine rings is 1. The van der Waals surface area contributed by atoms with E-state index in [2.05, 4.69) is 64.2 Å². The number of benzene rings is 1. The van der Waals surface area contributed by atoms with Gasteiger partial charge in [-0.25, -0.2) is 4.99 Å². The Balaban J connectivity index is 0.00000261. The second-order valence-corrected chi connectivity index (χ2v) is 7.32. The molecule has 1 aromatic carbocycles. The number of nitrogens with zero attached hydrogens (tertiary/aromatic N) is 2. The Labute approximate surface area is 183 Å². The minimum Gasteiger partial charge on any atom is -0.379 e. The van der Waals surface area contributed by atoms with E-state index in [0.29, 0.717) is 6.54 Å². The molecule has 2 aromatic rings. The molecule has 0 aliphatic carbocycles. The van der Waals surface area contributed by atoms with Crippen molar-refractivity contribution in [2.45, 2.75) is 26.6 Å². The fraction of sp³-hybridized carbons (Fsp3) is 0.450. The van der Waals surface area contributed by atoms with Gasteiger partial charge >= 0.3 is 0 Å². The zero-order valence-electron chi connectivity index (χ0n) is 15.8.